The Hall–Kier alpha value is -2.38. The first kappa shape index (κ1) is 14.7. The zero-order chi connectivity index (χ0) is 14.6. The van der Waals surface area contributed by atoms with Gasteiger partial charge in [-0.1, -0.05) is 6.07 Å². The van der Waals surface area contributed by atoms with E-state index in [2.05, 4.69) is 4.99 Å². The molecule has 0 aliphatic heterocycles. The third-order valence-electron chi connectivity index (χ3n) is 2.08. The van der Waals surface area contributed by atoms with E-state index in [9.17, 15) is 22.8 Å². The second-order valence-electron chi connectivity index (χ2n) is 3.48. The summed E-state index contributed by atoms with van der Waals surface area (Å²) in [5.74, 6) is -5.21. The molecule has 19 heavy (non-hydrogen) atoms. The molecule has 0 spiro atoms. The molecule has 0 aliphatic rings. The summed E-state index contributed by atoms with van der Waals surface area (Å²) in [4.78, 5) is 24.5. The number of alkyl halides is 3. The number of aliphatic imine (C=N–C) groups is 1. The summed E-state index contributed by atoms with van der Waals surface area (Å²) >= 11 is 0. The van der Waals surface area contributed by atoms with E-state index in [1.807, 2.05) is 0 Å². The van der Waals surface area contributed by atoms with Crippen molar-refractivity contribution in [2.45, 2.75) is 6.18 Å². The molecule has 0 fully saturated rings. The van der Waals surface area contributed by atoms with Crippen molar-refractivity contribution in [1.29, 1.82) is 0 Å². The highest BCUT2D eigenvalue weighted by Crippen LogP contribution is 2.31. The van der Waals surface area contributed by atoms with Crippen LogP contribution in [-0.2, 0) is 15.8 Å². The van der Waals surface area contributed by atoms with E-state index < -0.39 is 29.6 Å². The molecular weight excluding hydrogens is 267 g/mol. The van der Waals surface area contributed by atoms with Crippen molar-refractivity contribution < 1.29 is 33.0 Å². The Bertz CT molecular complexity index is 511. The van der Waals surface area contributed by atoms with Crippen LogP contribution in [0.5, 0.6) is 0 Å². The van der Waals surface area contributed by atoms with Gasteiger partial charge >= 0.3 is 18.1 Å². The van der Waals surface area contributed by atoms with Gasteiger partial charge in [0.05, 0.1) is 11.3 Å². The Labute approximate surface area is 105 Å². The van der Waals surface area contributed by atoms with Crippen molar-refractivity contribution in [2.24, 2.45) is 10.9 Å². The highest BCUT2D eigenvalue weighted by Gasteiger charge is 2.30. The minimum Gasteiger partial charge on any atom is -0.480 e. The standard InChI is InChI=1S/C11H8F3NO4/c12-11(13,14)6-2-1-3-7(4-6)15-5-8(9(16)17)10(18)19/h1-5,8H,(H,16,17)(H,18,19). The van der Waals surface area contributed by atoms with Gasteiger partial charge in [-0.15, -0.1) is 0 Å². The number of hydrogen-bond donors (Lipinski definition) is 2. The van der Waals surface area contributed by atoms with E-state index >= 15 is 0 Å². The fourth-order valence-corrected chi connectivity index (χ4v) is 1.16. The number of halogens is 3. The summed E-state index contributed by atoms with van der Waals surface area (Å²) in [6, 6.07) is 3.81. The largest absolute Gasteiger partial charge is 0.480 e. The minimum atomic E-state index is -4.55. The van der Waals surface area contributed by atoms with Crippen molar-refractivity contribution in [3.05, 3.63) is 29.8 Å². The molecule has 0 saturated heterocycles. The van der Waals surface area contributed by atoms with Crippen LogP contribution in [0.25, 0.3) is 0 Å². The molecule has 5 nitrogen and oxygen atoms in total. The molecule has 0 aliphatic carbocycles. The lowest BCUT2D eigenvalue weighted by molar-refractivity contribution is -0.150. The summed E-state index contributed by atoms with van der Waals surface area (Å²) in [6.45, 7) is 0. The predicted molar refractivity (Wildman–Crippen MR) is 58.4 cm³/mol. The Kier molecular flexibility index (Phi) is 4.26. The third kappa shape index (κ3) is 4.09. The smallest absolute Gasteiger partial charge is 0.416 e. The Morgan fingerprint density at radius 3 is 2.26 bits per heavy atom. The molecule has 8 heteroatoms. The van der Waals surface area contributed by atoms with Crippen LogP contribution in [0.2, 0.25) is 0 Å². The molecule has 0 aromatic heterocycles. The van der Waals surface area contributed by atoms with Gasteiger partial charge in [0.1, 0.15) is 0 Å². The molecule has 1 rings (SSSR count). The van der Waals surface area contributed by atoms with Crippen LogP contribution < -0.4 is 0 Å². The summed E-state index contributed by atoms with van der Waals surface area (Å²) in [5.41, 5.74) is -1.13. The normalized spacial score (nSPS) is 12.0. The van der Waals surface area contributed by atoms with Gasteiger partial charge < -0.3 is 10.2 Å². The van der Waals surface area contributed by atoms with Crippen molar-refractivity contribution in [1.82, 2.24) is 0 Å². The maximum absolute atomic E-state index is 12.4. The van der Waals surface area contributed by atoms with Gasteiger partial charge in [-0.2, -0.15) is 13.2 Å². The molecule has 102 valence electrons. The van der Waals surface area contributed by atoms with Gasteiger partial charge in [0.15, 0.2) is 5.92 Å². The average molecular weight is 275 g/mol. The first-order valence-electron chi connectivity index (χ1n) is 4.89. The van der Waals surface area contributed by atoms with Gasteiger partial charge in [-0.3, -0.25) is 14.6 Å². The zero-order valence-corrected chi connectivity index (χ0v) is 9.26. The molecule has 0 heterocycles. The molecule has 0 radical (unpaired) electrons. The number of carboxylic acid groups (broad SMARTS) is 2. The number of carbonyl (C=O) groups is 2. The van der Waals surface area contributed by atoms with Crippen molar-refractivity contribution in [3.63, 3.8) is 0 Å². The summed E-state index contributed by atoms with van der Waals surface area (Å²) < 4.78 is 37.1. The summed E-state index contributed by atoms with van der Waals surface area (Å²) in [7, 11) is 0. The topological polar surface area (TPSA) is 87.0 Å². The lowest BCUT2D eigenvalue weighted by Crippen LogP contribution is -2.24. The van der Waals surface area contributed by atoms with Crippen molar-refractivity contribution in [3.8, 4) is 0 Å². The monoisotopic (exact) mass is 275 g/mol. The average Bonchev–Trinajstić information content (AvgIpc) is 2.27. The van der Waals surface area contributed by atoms with E-state index in [4.69, 9.17) is 10.2 Å². The Morgan fingerprint density at radius 1 is 1.21 bits per heavy atom. The highest BCUT2D eigenvalue weighted by atomic mass is 19.4. The van der Waals surface area contributed by atoms with Gasteiger partial charge in [0.2, 0.25) is 0 Å². The van der Waals surface area contributed by atoms with Crippen LogP contribution in [0.3, 0.4) is 0 Å². The SMILES string of the molecule is O=C(O)C(C=Nc1cccc(C(F)(F)F)c1)C(=O)O. The molecule has 1 aromatic carbocycles. The molecule has 0 saturated carbocycles. The fourth-order valence-electron chi connectivity index (χ4n) is 1.16. The number of aliphatic carboxylic acids is 2. The van der Waals surface area contributed by atoms with Crippen LogP contribution in [0.1, 0.15) is 5.56 Å². The molecule has 0 atom stereocenters. The fraction of sp³-hybridized carbons (Fsp3) is 0.182. The molecule has 2 N–H and O–H groups in total. The quantitative estimate of drug-likeness (QED) is 0.651. The van der Waals surface area contributed by atoms with E-state index in [0.29, 0.717) is 12.3 Å². The van der Waals surface area contributed by atoms with Gasteiger partial charge in [0.25, 0.3) is 0 Å². The number of nitrogens with zero attached hydrogens (tertiary/aromatic N) is 1. The first-order chi connectivity index (χ1) is 8.71. The number of benzene rings is 1. The van der Waals surface area contributed by atoms with Crippen LogP contribution in [0.4, 0.5) is 18.9 Å². The molecule has 0 unspecified atom stereocenters. The highest BCUT2D eigenvalue weighted by molar-refractivity contribution is 6.08. The molecule has 0 bridgehead atoms. The maximum atomic E-state index is 12.4. The second-order valence-corrected chi connectivity index (χ2v) is 3.48. The van der Waals surface area contributed by atoms with E-state index in [-0.39, 0.29) is 5.69 Å². The minimum absolute atomic E-state index is 0.178. The number of hydrogen-bond acceptors (Lipinski definition) is 3. The molecule has 1 aromatic rings. The lowest BCUT2D eigenvalue weighted by atomic mass is 10.1. The van der Waals surface area contributed by atoms with Crippen molar-refractivity contribution in [2.75, 3.05) is 0 Å². The number of rotatable bonds is 4. The zero-order valence-electron chi connectivity index (χ0n) is 9.26. The van der Waals surface area contributed by atoms with E-state index in [1.54, 1.807) is 0 Å². The first-order valence-corrected chi connectivity index (χ1v) is 4.89. The van der Waals surface area contributed by atoms with Crippen LogP contribution in [0, 0.1) is 5.92 Å². The van der Waals surface area contributed by atoms with Gasteiger partial charge in [-0.25, -0.2) is 0 Å². The number of carboxylic acids is 2. The van der Waals surface area contributed by atoms with Gasteiger partial charge in [-0.05, 0) is 18.2 Å². The third-order valence-corrected chi connectivity index (χ3v) is 2.08. The van der Waals surface area contributed by atoms with Crippen molar-refractivity contribution >= 4 is 23.8 Å². The summed E-state index contributed by atoms with van der Waals surface area (Å²) in [5, 5.41) is 17.1. The van der Waals surface area contributed by atoms with Crippen LogP contribution in [0.15, 0.2) is 29.3 Å². The van der Waals surface area contributed by atoms with E-state index in [0.717, 1.165) is 12.1 Å². The second kappa shape index (κ2) is 5.51. The van der Waals surface area contributed by atoms with Gasteiger partial charge in [0, 0.05) is 6.21 Å². The van der Waals surface area contributed by atoms with Crippen LogP contribution in [-0.4, -0.2) is 28.4 Å². The maximum Gasteiger partial charge on any atom is 0.416 e. The molecular formula is C11H8F3NO4. The van der Waals surface area contributed by atoms with Crippen LogP contribution >= 0.6 is 0 Å². The molecule has 0 amide bonds. The van der Waals surface area contributed by atoms with E-state index in [1.165, 1.54) is 6.07 Å². The Morgan fingerprint density at radius 2 is 1.79 bits per heavy atom. The summed E-state index contributed by atoms with van der Waals surface area (Å²) in [6.07, 6.45) is -3.98. The predicted octanol–water partition coefficient (Wildman–Crippen LogP) is 2.19. The lowest BCUT2D eigenvalue weighted by Gasteiger charge is -2.06. The Balaban J connectivity index is 2.99.